The molecule has 0 spiro atoms. The second-order valence-corrected chi connectivity index (χ2v) is 9.54. The summed E-state index contributed by atoms with van der Waals surface area (Å²) in [7, 11) is 0. The number of fused-ring (bicyclic) bond motifs is 2. The monoisotopic (exact) mass is 473 g/mol. The van der Waals surface area contributed by atoms with Crippen LogP contribution in [-0.2, 0) is 11.3 Å². The maximum absolute atomic E-state index is 13.2. The Morgan fingerprint density at radius 1 is 1.06 bits per heavy atom. The Bertz CT molecular complexity index is 1280. The van der Waals surface area contributed by atoms with Crippen LogP contribution in [0.15, 0.2) is 36.5 Å². The molecule has 0 radical (unpaired) electrons. The van der Waals surface area contributed by atoms with Gasteiger partial charge < -0.3 is 20.0 Å². The minimum Gasteiger partial charge on any atom is -0.363 e. The van der Waals surface area contributed by atoms with Crippen LogP contribution in [-0.4, -0.2) is 68.8 Å². The number of carbonyl (C=O) groups excluding carboxylic acids is 2. The van der Waals surface area contributed by atoms with Crippen molar-refractivity contribution in [2.75, 3.05) is 36.4 Å². The van der Waals surface area contributed by atoms with E-state index in [9.17, 15) is 9.59 Å². The van der Waals surface area contributed by atoms with E-state index in [4.69, 9.17) is 9.97 Å². The molecule has 2 aliphatic heterocycles. The quantitative estimate of drug-likeness (QED) is 0.608. The average Bonchev–Trinajstić information content (AvgIpc) is 3.20. The third kappa shape index (κ3) is 4.38. The molecule has 9 heteroatoms. The summed E-state index contributed by atoms with van der Waals surface area (Å²) >= 11 is 0. The number of hydrogen-bond donors (Lipinski definition) is 1. The highest BCUT2D eigenvalue weighted by atomic mass is 16.2. The topological polar surface area (TPSA) is 94.6 Å². The summed E-state index contributed by atoms with van der Waals surface area (Å²) in [5, 5.41) is 4.65. The van der Waals surface area contributed by atoms with Crippen LogP contribution in [0.5, 0.6) is 0 Å². The zero-order valence-corrected chi connectivity index (χ0v) is 20.7. The van der Waals surface area contributed by atoms with Gasteiger partial charge in [-0.05, 0) is 44.5 Å². The maximum Gasteiger partial charge on any atom is 0.273 e. The fraction of sp³-hybridized carbons (Fsp3) is 0.423. The van der Waals surface area contributed by atoms with Crippen molar-refractivity contribution in [2.24, 2.45) is 0 Å². The van der Waals surface area contributed by atoms with Crippen molar-refractivity contribution in [3.63, 3.8) is 0 Å². The minimum atomic E-state index is -0.0616. The van der Waals surface area contributed by atoms with E-state index in [-0.39, 0.29) is 23.9 Å². The van der Waals surface area contributed by atoms with Crippen LogP contribution in [0.25, 0.3) is 10.9 Å². The van der Waals surface area contributed by atoms with Crippen molar-refractivity contribution in [3.8, 4) is 0 Å². The largest absolute Gasteiger partial charge is 0.363 e. The van der Waals surface area contributed by atoms with Gasteiger partial charge in [0.1, 0.15) is 11.5 Å². The van der Waals surface area contributed by atoms with Crippen LogP contribution < -0.4 is 10.2 Å². The molecule has 2 aromatic heterocycles. The lowest BCUT2D eigenvalue weighted by Crippen LogP contribution is -2.48. The number of rotatable bonds is 5. The molecule has 1 unspecified atom stereocenters. The number of hydrogen-bond acceptors (Lipinski definition) is 7. The number of piperazine rings is 1. The number of amides is 2. The lowest BCUT2D eigenvalue weighted by molar-refractivity contribution is -0.129. The second kappa shape index (κ2) is 9.13. The van der Waals surface area contributed by atoms with Crippen LogP contribution in [0.2, 0.25) is 0 Å². The molecule has 35 heavy (non-hydrogen) atoms. The predicted octanol–water partition coefficient (Wildman–Crippen LogP) is 3.23. The Balaban J connectivity index is 1.47. The van der Waals surface area contributed by atoms with Crippen molar-refractivity contribution in [1.29, 1.82) is 0 Å². The van der Waals surface area contributed by atoms with E-state index >= 15 is 0 Å². The van der Waals surface area contributed by atoms with Crippen molar-refractivity contribution in [1.82, 2.24) is 24.8 Å². The van der Waals surface area contributed by atoms with Crippen LogP contribution in [0.1, 0.15) is 55.4 Å². The molecule has 182 valence electrons. The standard InChI is InChI=1S/C26H31N7O2/c1-16(2)33-15-21-23(25(33)35)29-26(32-12-10-31(11-13-32)18(4)34)30-24(21)28-17(3)19-7-8-22-20(14-19)6-5-9-27-22/h5-9,14,16-17H,10-13,15H2,1-4H3,(H,28,29,30). The minimum absolute atomic E-state index is 0.0378. The average molecular weight is 474 g/mol. The maximum atomic E-state index is 13.2. The molecular formula is C26H31N7O2. The van der Waals surface area contributed by atoms with Crippen LogP contribution in [0.3, 0.4) is 0 Å². The number of pyridine rings is 1. The van der Waals surface area contributed by atoms with E-state index in [1.54, 1.807) is 13.1 Å². The van der Waals surface area contributed by atoms with E-state index in [1.165, 1.54) is 0 Å². The molecular weight excluding hydrogens is 442 g/mol. The molecule has 0 saturated carbocycles. The number of nitrogens with zero attached hydrogens (tertiary/aromatic N) is 6. The molecule has 3 aromatic rings. The molecule has 2 aliphatic rings. The first-order valence-corrected chi connectivity index (χ1v) is 12.2. The van der Waals surface area contributed by atoms with Gasteiger partial charge in [-0.2, -0.15) is 4.98 Å². The summed E-state index contributed by atoms with van der Waals surface area (Å²) < 4.78 is 0. The van der Waals surface area contributed by atoms with Gasteiger partial charge in [0.15, 0.2) is 0 Å². The predicted molar refractivity (Wildman–Crippen MR) is 135 cm³/mol. The van der Waals surface area contributed by atoms with Crippen molar-refractivity contribution >= 4 is 34.5 Å². The third-order valence-corrected chi connectivity index (χ3v) is 6.90. The number of benzene rings is 1. The van der Waals surface area contributed by atoms with E-state index in [0.29, 0.717) is 50.2 Å². The Morgan fingerprint density at radius 3 is 2.54 bits per heavy atom. The van der Waals surface area contributed by atoms with Gasteiger partial charge in [0.05, 0.1) is 12.1 Å². The highest BCUT2D eigenvalue weighted by Gasteiger charge is 2.35. The zero-order valence-electron chi connectivity index (χ0n) is 20.7. The third-order valence-electron chi connectivity index (χ3n) is 6.90. The van der Waals surface area contributed by atoms with Crippen molar-refractivity contribution in [3.05, 3.63) is 53.3 Å². The molecule has 5 rings (SSSR count). The van der Waals surface area contributed by atoms with Gasteiger partial charge in [-0.25, -0.2) is 4.98 Å². The molecule has 9 nitrogen and oxygen atoms in total. The number of aromatic nitrogens is 3. The first-order chi connectivity index (χ1) is 16.8. The molecule has 1 N–H and O–H groups in total. The van der Waals surface area contributed by atoms with Gasteiger partial charge in [-0.3, -0.25) is 14.6 Å². The Kier molecular flexibility index (Phi) is 6.00. The molecule has 2 amide bonds. The molecule has 1 aromatic carbocycles. The Hall–Kier alpha value is -3.75. The summed E-state index contributed by atoms with van der Waals surface area (Å²) in [4.78, 5) is 44.7. The molecule has 1 saturated heterocycles. The Morgan fingerprint density at radius 2 is 1.83 bits per heavy atom. The molecule has 0 aliphatic carbocycles. The molecule has 1 atom stereocenters. The van der Waals surface area contributed by atoms with E-state index in [1.807, 2.05) is 35.8 Å². The zero-order chi connectivity index (χ0) is 24.7. The van der Waals surface area contributed by atoms with Crippen molar-refractivity contribution < 1.29 is 9.59 Å². The van der Waals surface area contributed by atoms with Crippen LogP contribution in [0, 0.1) is 0 Å². The van der Waals surface area contributed by atoms with Gasteiger partial charge >= 0.3 is 0 Å². The number of carbonyl (C=O) groups is 2. The lowest BCUT2D eigenvalue weighted by Gasteiger charge is -2.34. The van der Waals surface area contributed by atoms with Crippen LogP contribution in [0.4, 0.5) is 11.8 Å². The highest BCUT2D eigenvalue weighted by Crippen LogP contribution is 2.33. The number of anilines is 2. The van der Waals surface area contributed by atoms with E-state index < -0.39 is 0 Å². The summed E-state index contributed by atoms with van der Waals surface area (Å²) in [6, 6.07) is 10.3. The number of nitrogens with one attached hydrogen (secondary N) is 1. The van der Waals surface area contributed by atoms with E-state index in [2.05, 4.69) is 40.3 Å². The first kappa shape index (κ1) is 23.0. The fourth-order valence-corrected chi connectivity index (χ4v) is 4.73. The highest BCUT2D eigenvalue weighted by molar-refractivity contribution is 5.98. The van der Waals surface area contributed by atoms with Crippen LogP contribution >= 0.6 is 0 Å². The second-order valence-electron chi connectivity index (χ2n) is 9.54. The summed E-state index contributed by atoms with van der Waals surface area (Å²) in [6.45, 7) is 10.7. The lowest BCUT2D eigenvalue weighted by atomic mass is 10.1. The smallest absolute Gasteiger partial charge is 0.273 e. The molecule has 4 heterocycles. The normalized spacial score (nSPS) is 16.7. The van der Waals surface area contributed by atoms with Gasteiger partial charge in [-0.1, -0.05) is 12.1 Å². The fourth-order valence-electron chi connectivity index (χ4n) is 4.73. The Labute approximate surface area is 205 Å². The molecule has 1 fully saturated rings. The summed E-state index contributed by atoms with van der Waals surface area (Å²) in [5.74, 6) is 1.23. The van der Waals surface area contributed by atoms with Crippen molar-refractivity contribution in [2.45, 2.75) is 46.3 Å². The summed E-state index contributed by atoms with van der Waals surface area (Å²) in [6.07, 6.45) is 1.79. The van der Waals surface area contributed by atoms with Gasteiger partial charge in [0.25, 0.3) is 5.91 Å². The first-order valence-electron chi connectivity index (χ1n) is 12.2. The molecule has 0 bridgehead atoms. The van der Waals surface area contributed by atoms with Gasteiger partial charge in [0, 0.05) is 62.3 Å². The SMILES string of the molecule is CC(=O)N1CCN(c2nc(NC(C)c3ccc4ncccc4c3)c3c(n2)C(=O)N(C(C)C)C3)CC1. The van der Waals surface area contributed by atoms with Gasteiger partial charge in [-0.15, -0.1) is 0 Å². The van der Waals surface area contributed by atoms with Gasteiger partial charge in [0.2, 0.25) is 11.9 Å². The van der Waals surface area contributed by atoms with E-state index in [0.717, 1.165) is 22.0 Å². The summed E-state index contributed by atoms with van der Waals surface area (Å²) in [5.41, 5.74) is 3.37.